The van der Waals surface area contributed by atoms with Gasteiger partial charge in [0.05, 0.1) is 6.04 Å². The van der Waals surface area contributed by atoms with E-state index >= 15 is 0 Å². The summed E-state index contributed by atoms with van der Waals surface area (Å²) in [6, 6.07) is -0.762. The molecule has 0 aromatic heterocycles. The average Bonchev–Trinajstić information content (AvgIpc) is 3.09. The molecule has 134 valence electrons. The number of urea groups is 1. The number of piperidine rings is 2. The van der Waals surface area contributed by atoms with Gasteiger partial charge in [0.25, 0.3) is 0 Å². The van der Waals surface area contributed by atoms with Crippen LogP contribution in [-0.4, -0.2) is 63.9 Å². The lowest BCUT2D eigenvalue weighted by molar-refractivity contribution is -0.126. The zero-order valence-corrected chi connectivity index (χ0v) is 14.8. The maximum Gasteiger partial charge on any atom is 0.346 e. The van der Waals surface area contributed by atoms with Gasteiger partial charge < -0.3 is 15.5 Å². The van der Waals surface area contributed by atoms with Gasteiger partial charge in [-0.15, -0.1) is 0 Å². The van der Waals surface area contributed by atoms with Crippen LogP contribution in [0.15, 0.2) is 0 Å². The first-order valence-electron chi connectivity index (χ1n) is 8.59. The molecular weight excluding hydrogens is 332 g/mol. The number of fused-ring (bicyclic) bond motifs is 3. The molecule has 9 heteroatoms. The summed E-state index contributed by atoms with van der Waals surface area (Å²) < 4.78 is 15.5. The van der Waals surface area contributed by atoms with Crippen LogP contribution in [0, 0.1) is 17.3 Å². The SMILES string of the molecule is CC1CNCC2[C@H](NC(=O)C3CC[C@@H]4CN3C(=O)N4O[SH]=O)C12C. The Labute approximate surface area is 144 Å². The number of rotatable bonds is 4. The van der Waals surface area contributed by atoms with E-state index in [1.165, 1.54) is 0 Å². The molecule has 0 aromatic rings. The molecule has 3 aliphatic heterocycles. The molecule has 2 bridgehead atoms. The number of carbonyl (C=O) groups excluding carboxylic acids is 2. The van der Waals surface area contributed by atoms with Crippen LogP contribution in [0.2, 0.25) is 0 Å². The summed E-state index contributed by atoms with van der Waals surface area (Å²) in [5.41, 5.74) is 0.156. The molecule has 2 N–H and O–H groups in total. The zero-order chi connectivity index (χ0) is 17.1. The van der Waals surface area contributed by atoms with Crippen molar-refractivity contribution in [3.05, 3.63) is 0 Å². The Morgan fingerprint density at radius 2 is 2.21 bits per heavy atom. The Bertz CT molecular complexity index is 590. The lowest BCUT2D eigenvalue weighted by atomic mass is 9.87. The van der Waals surface area contributed by atoms with Gasteiger partial charge in [0.15, 0.2) is 11.9 Å². The maximum atomic E-state index is 12.8. The van der Waals surface area contributed by atoms with E-state index in [2.05, 4.69) is 24.5 Å². The number of carbonyl (C=O) groups is 2. The number of thiol groups is 1. The average molecular weight is 356 g/mol. The van der Waals surface area contributed by atoms with E-state index in [1.807, 2.05) is 0 Å². The molecule has 4 aliphatic rings. The third-order valence-electron chi connectivity index (χ3n) is 6.68. The highest BCUT2D eigenvalue weighted by Crippen LogP contribution is 2.58. The van der Waals surface area contributed by atoms with Crippen molar-refractivity contribution in [3.63, 3.8) is 0 Å². The molecule has 24 heavy (non-hydrogen) atoms. The van der Waals surface area contributed by atoms with Crippen molar-refractivity contribution in [3.8, 4) is 0 Å². The Balaban J connectivity index is 1.43. The number of nitrogens with zero attached hydrogens (tertiary/aromatic N) is 2. The zero-order valence-electron chi connectivity index (χ0n) is 13.9. The van der Waals surface area contributed by atoms with Crippen LogP contribution in [-0.2, 0) is 21.0 Å². The summed E-state index contributed by atoms with van der Waals surface area (Å²) in [6.45, 7) is 6.84. The predicted molar refractivity (Wildman–Crippen MR) is 86.9 cm³/mol. The van der Waals surface area contributed by atoms with Gasteiger partial charge in [0.1, 0.15) is 6.04 Å². The Morgan fingerprint density at radius 3 is 2.92 bits per heavy atom. The molecule has 8 nitrogen and oxygen atoms in total. The molecule has 3 amide bonds. The second-order valence-electron chi connectivity index (χ2n) is 7.68. The summed E-state index contributed by atoms with van der Waals surface area (Å²) in [7, 11) is 0. The van der Waals surface area contributed by atoms with Crippen LogP contribution < -0.4 is 10.6 Å². The van der Waals surface area contributed by atoms with E-state index in [9.17, 15) is 13.8 Å². The molecule has 4 rings (SSSR count). The fourth-order valence-electron chi connectivity index (χ4n) is 4.86. The smallest absolute Gasteiger partial charge is 0.346 e. The van der Waals surface area contributed by atoms with E-state index in [1.54, 1.807) is 4.90 Å². The Hall–Kier alpha value is -1.19. The first kappa shape index (κ1) is 16.3. The third kappa shape index (κ3) is 2.21. The van der Waals surface area contributed by atoms with Crippen LogP contribution in [0.4, 0.5) is 4.79 Å². The molecule has 3 saturated heterocycles. The molecule has 4 unspecified atom stereocenters. The van der Waals surface area contributed by atoms with E-state index in [4.69, 9.17) is 4.28 Å². The van der Waals surface area contributed by atoms with Crippen LogP contribution in [0.1, 0.15) is 26.7 Å². The van der Waals surface area contributed by atoms with Gasteiger partial charge in [-0.1, -0.05) is 13.8 Å². The van der Waals surface area contributed by atoms with E-state index < -0.39 is 18.0 Å². The van der Waals surface area contributed by atoms with Crippen molar-refractivity contribution in [1.29, 1.82) is 0 Å². The topological polar surface area (TPSA) is 91.0 Å². The summed E-state index contributed by atoms with van der Waals surface area (Å²) >= 11 is -0.547. The quantitative estimate of drug-likeness (QED) is 0.586. The van der Waals surface area contributed by atoms with E-state index in [0.29, 0.717) is 31.2 Å². The molecule has 1 saturated carbocycles. The highest BCUT2D eigenvalue weighted by molar-refractivity contribution is 7.60. The van der Waals surface area contributed by atoms with Crippen molar-refractivity contribution >= 4 is 23.9 Å². The number of hydrogen-bond donors (Lipinski definition) is 3. The minimum atomic E-state index is -0.547. The second kappa shape index (κ2) is 5.67. The van der Waals surface area contributed by atoms with Crippen LogP contribution >= 0.6 is 0 Å². The summed E-state index contributed by atoms with van der Waals surface area (Å²) in [5.74, 6) is 0.914. The van der Waals surface area contributed by atoms with Gasteiger partial charge in [0, 0.05) is 19.1 Å². The van der Waals surface area contributed by atoms with Gasteiger partial charge in [-0.05, 0) is 36.6 Å². The van der Waals surface area contributed by atoms with Crippen LogP contribution in [0.5, 0.6) is 0 Å². The van der Waals surface area contributed by atoms with Crippen LogP contribution in [0.3, 0.4) is 0 Å². The van der Waals surface area contributed by atoms with Gasteiger partial charge in [-0.3, -0.25) is 4.79 Å². The predicted octanol–water partition coefficient (Wildman–Crippen LogP) is -0.593. The number of amides is 3. The third-order valence-corrected chi connectivity index (χ3v) is 6.93. The van der Waals surface area contributed by atoms with Crippen molar-refractivity contribution in [1.82, 2.24) is 20.6 Å². The van der Waals surface area contributed by atoms with Crippen molar-refractivity contribution < 1.29 is 18.1 Å². The molecule has 1 aliphatic carbocycles. The van der Waals surface area contributed by atoms with E-state index in [-0.39, 0.29) is 29.4 Å². The standard InChI is InChI=1S/C15H24N4O4S/c1-8-5-16-6-10-12(15(8,10)2)17-13(20)11-4-3-9-7-18(11)14(21)19(9)23-24-22/h8-12,16,24H,3-7H2,1-2H3,(H,17,20)/t8?,9-,10?,11?,12+,15?/m1/s1. The second-order valence-corrected chi connectivity index (χ2v) is 7.99. The lowest BCUT2D eigenvalue weighted by Gasteiger charge is -2.30. The number of hydrogen-bond acceptors (Lipinski definition) is 5. The van der Waals surface area contributed by atoms with Gasteiger partial charge >= 0.3 is 6.03 Å². The summed E-state index contributed by atoms with van der Waals surface area (Å²) in [5, 5.41) is 7.75. The summed E-state index contributed by atoms with van der Waals surface area (Å²) in [6.07, 6.45) is 1.29. The molecule has 4 fully saturated rings. The van der Waals surface area contributed by atoms with Crippen molar-refractivity contribution in [2.75, 3.05) is 19.6 Å². The molecule has 3 heterocycles. The molecule has 6 atom stereocenters. The fraction of sp³-hybridized carbons (Fsp3) is 0.867. The minimum absolute atomic E-state index is 0.0730. The number of nitrogens with one attached hydrogen (secondary N) is 2. The Kier molecular flexibility index (Phi) is 3.85. The largest absolute Gasteiger partial charge is 0.351 e. The lowest BCUT2D eigenvalue weighted by Crippen LogP contribution is -2.51. The fourth-order valence-corrected chi connectivity index (χ4v) is 5.14. The minimum Gasteiger partial charge on any atom is -0.351 e. The monoisotopic (exact) mass is 356 g/mol. The molecule has 0 spiro atoms. The molecule has 0 aromatic carbocycles. The normalized spacial score (nSPS) is 43.6. The highest BCUT2D eigenvalue weighted by Gasteiger charge is 2.65. The Morgan fingerprint density at radius 1 is 1.42 bits per heavy atom. The van der Waals surface area contributed by atoms with Crippen molar-refractivity contribution in [2.45, 2.75) is 44.8 Å². The van der Waals surface area contributed by atoms with E-state index in [0.717, 1.165) is 18.2 Å². The van der Waals surface area contributed by atoms with Gasteiger partial charge in [0.2, 0.25) is 5.91 Å². The number of hydroxylamine groups is 2. The first-order valence-corrected chi connectivity index (χ1v) is 9.32. The highest BCUT2D eigenvalue weighted by atomic mass is 32.2. The summed E-state index contributed by atoms with van der Waals surface area (Å²) in [4.78, 5) is 26.7. The van der Waals surface area contributed by atoms with Crippen molar-refractivity contribution in [2.24, 2.45) is 17.3 Å². The molecular formula is C15H24N4O4S. The first-order chi connectivity index (χ1) is 11.5. The van der Waals surface area contributed by atoms with Gasteiger partial charge in [-0.2, -0.15) is 9.35 Å². The maximum absolute atomic E-state index is 12.8. The van der Waals surface area contributed by atoms with Gasteiger partial charge in [-0.25, -0.2) is 9.00 Å². The van der Waals surface area contributed by atoms with Crippen LogP contribution in [0.25, 0.3) is 0 Å². The molecule has 0 radical (unpaired) electrons.